The van der Waals surface area contributed by atoms with Crippen molar-refractivity contribution in [2.24, 2.45) is 0 Å². The Labute approximate surface area is 172 Å². The molecule has 0 spiro atoms. The number of hydrogen-bond donors (Lipinski definition) is 2. The van der Waals surface area contributed by atoms with Crippen molar-refractivity contribution in [3.8, 4) is 11.3 Å². The lowest BCUT2D eigenvalue weighted by atomic mass is 10.1. The molecule has 146 valence electrons. The van der Waals surface area contributed by atoms with E-state index in [4.69, 9.17) is 0 Å². The average Bonchev–Trinajstić information content (AvgIpc) is 3.33. The van der Waals surface area contributed by atoms with E-state index in [-0.39, 0.29) is 11.6 Å². The number of anilines is 3. The van der Waals surface area contributed by atoms with E-state index in [9.17, 15) is 13.6 Å². The summed E-state index contributed by atoms with van der Waals surface area (Å²) in [4.78, 5) is 17.2. The smallest absolute Gasteiger partial charge is 0.269 e. The first kappa shape index (κ1) is 19.1. The van der Waals surface area contributed by atoms with Gasteiger partial charge >= 0.3 is 0 Å². The van der Waals surface area contributed by atoms with E-state index in [1.165, 1.54) is 23.5 Å². The van der Waals surface area contributed by atoms with Crippen LogP contribution in [0.4, 0.5) is 25.3 Å². The van der Waals surface area contributed by atoms with Crippen LogP contribution >= 0.6 is 22.9 Å². The fourth-order valence-corrected chi connectivity index (χ4v) is 3.84. The number of halogens is 2. The van der Waals surface area contributed by atoms with Crippen molar-refractivity contribution in [1.29, 1.82) is 0 Å². The third kappa shape index (κ3) is 4.28. The fourth-order valence-electron chi connectivity index (χ4n) is 2.55. The zero-order valence-corrected chi connectivity index (χ0v) is 16.6. The molecule has 2 aromatic heterocycles. The number of rotatable bonds is 5. The van der Waals surface area contributed by atoms with Crippen LogP contribution in [-0.2, 0) is 0 Å². The Bertz CT molecular complexity index is 1190. The molecule has 0 atom stereocenters. The quantitative estimate of drug-likeness (QED) is 0.453. The van der Waals surface area contributed by atoms with Gasteiger partial charge in [0, 0.05) is 22.7 Å². The van der Waals surface area contributed by atoms with Gasteiger partial charge in [0.25, 0.3) is 5.91 Å². The molecular formula is C19H13F2N5OS2. The number of amides is 1. The normalized spacial score (nSPS) is 10.7. The Balaban J connectivity index is 1.51. The summed E-state index contributed by atoms with van der Waals surface area (Å²) in [5, 5.41) is 11.8. The van der Waals surface area contributed by atoms with Gasteiger partial charge in [0.05, 0.1) is 17.1 Å². The minimum absolute atomic E-state index is 0.141. The number of carbonyl (C=O) groups excluding carboxylic acids is 1. The molecule has 29 heavy (non-hydrogen) atoms. The highest BCUT2D eigenvalue weighted by Crippen LogP contribution is 2.29. The Morgan fingerprint density at radius 3 is 2.76 bits per heavy atom. The molecule has 4 aromatic rings. The minimum atomic E-state index is -0.695. The van der Waals surface area contributed by atoms with Gasteiger partial charge in [-0.15, -0.1) is 16.4 Å². The molecular weight excluding hydrogens is 416 g/mol. The van der Waals surface area contributed by atoms with Crippen LogP contribution in [-0.4, -0.2) is 20.5 Å². The van der Waals surface area contributed by atoms with E-state index < -0.39 is 11.6 Å². The molecule has 0 radical (unpaired) electrons. The summed E-state index contributed by atoms with van der Waals surface area (Å²) in [6, 6.07) is 10.5. The maximum Gasteiger partial charge on any atom is 0.269 e. The van der Waals surface area contributed by atoms with Gasteiger partial charge in [-0.1, -0.05) is 16.6 Å². The molecule has 0 fully saturated rings. The van der Waals surface area contributed by atoms with Crippen LogP contribution < -0.4 is 10.6 Å². The predicted octanol–water partition coefficient (Wildman–Crippen LogP) is 5.24. The number of aromatic nitrogens is 3. The number of hydrogen-bond acceptors (Lipinski definition) is 7. The lowest BCUT2D eigenvalue weighted by molar-refractivity contribution is 0.103. The molecule has 1 amide bonds. The standard InChI is InChI=1S/C19H13F2N5OS2/c1-10-17(29-26-25-10)18(27)22-13-4-2-3-11(7-13)16-9-28-19(24-16)23-15-6-5-12(20)8-14(15)21/h2-9H,1H3,(H,22,27)(H,23,24). The van der Waals surface area contributed by atoms with Crippen molar-refractivity contribution in [2.75, 3.05) is 10.6 Å². The highest BCUT2D eigenvalue weighted by Gasteiger charge is 2.14. The van der Waals surface area contributed by atoms with Gasteiger partial charge in [0.15, 0.2) is 5.13 Å². The van der Waals surface area contributed by atoms with Gasteiger partial charge in [0.1, 0.15) is 16.5 Å². The van der Waals surface area contributed by atoms with Crippen molar-refractivity contribution in [3.05, 3.63) is 70.1 Å². The van der Waals surface area contributed by atoms with Crippen molar-refractivity contribution >= 4 is 45.3 Å². The zero-order chi connectivity index (χ0) is 20.4. The van der Waals surface area contributed by atoms with Gasteiger partial charge in [0.2, 0.25) is 0 Å². The van der Waals surface area contributed by atoms with Crippen LogP contribution in [0.1, 0.15) is 15.4 Å². The zero-order valence-electron chi connectivity index (χ0n) is 14.9. The summed E-state index contributed by atoms with van der Waals surface area (Å²) in [7, 11) is 0. The summed E-state index contributed by atoms with van der Waals surface area (Å²) in [6.07, 6.45) is 0. The topological polar surface area (TPSA) is 79.8 Å². The number of carbonyl (C=O) groups is 1. The molecule has 2 heterocycles. The molecule has 6 nitrogen and oxygen atoms in total. The van der Waals surface area contributed by atoms with E-state index in [1.54, 1.807) is 25.1 Å². The van der Waals surface area contributed by atoms with E-state index in [2.05, 4.69) is 25.2 Å². The molecule has 0 aliphatic rings. The van der Waals surface area contributed by atoms with Crippen LogP contribution in [0.15, 0.2) is 47.8 Å². The lowest BCUT2D eigenvalue weighted by Gasteiger charge is -2.06. The Kier molecular flexibility index (Phi) is 5.28. The van der Waals surface area contributed by atoms with Crippen LogP contribution in [0.5, 0.6) is 0 Å². The predicted molar refractivity (Wildman–Crippen MR) is 110 cm³/mol. The summed E-state index contributed by atoms with van der Waals surface area (Å²) >= 11 is 2.32. The van der Waals surface area contributed by atoms with Gasteiger partial charge in [-0.25, -0.2) is 13.8 Å². The second kappa shape index (κ2) is 8.02. The molecule has 2 aromatic carbocycles. The number of nitrogens with one attached hydrogen (secondary N) is 2. The third-order valence-electron chi connectivity index (χ3n) is 3.95. The first-order chi connectivity index (χ1) is 14.0. The molecule has 0 saturated heterocycles. The van der Waals surface area contributed by atoms with Crippen LogP contribution in [0.2, 0.25) is 0 Å². The number of nitrogens with zero attached hydrogens (tertiary/aromatic N) is 3. The molecule has 0 bridgehead atoms. The molecule has 10 heteroatoms. The third-order valence-corrected chi connectivity index (χ3v) is 5.54. The maximum atomic E-state index is 13.8. The van der Waals surface area contributed by atoms with Crippen LogP contribution in [0.25, 0.3) is 11.3 Å². The molecule has 0 saturated carbocycles. The number of benzene rings is 2. The van der Waals surface area contributed by atoms with Gasteiger partial charge in [-0.3, -0.25) is 4.79 Å². The van der Waals surface area contributed by atoms with E-state index >= 15 is 0 Å². The van der Waals surface area contributed by atoms with E-state index in [0.29, 0.717) is 27.1 Å². The monoisotopic (exact) mass is 429 g/mol. The number of thiazole rings is 1. The minimum Gasteiger partial charge on any atom is -0.329 e. The molecule has 0 unspecified atom stereocenters. The SMILES string of the molecule is Cc1nnsc1C(=O)Nc1cccc(-c2csc(Nc3ccc(F)cc3F)n2)c1. The summed E-state index contributed by atoms with van der Waals surface area (Å²) in [6.45, 7) is 1.72. The summed E-state index contributed by atoms with van der Waals surface area (Å²) in [5.74, 6) is -1.61. The molecule has 2 N–H and O–H groups in total. The van der Waals surface area contributed by atoms with Crippen LogP contribution in [0, 0.1) is 18.6 Å². The van der Waals surface area contributed by atoms with Crippen molar-refractivity contribution < 1.29 is 13.6 Å². The number of aryl methyl sites for hydroxylation is 1. The first-order valence-electron chi connectivity index (χ1n) is 8.38. The highest BCUT2D eigenvalue weighted by molar-refractivity contribution is 7.14. The van der Waals surface area contributed by atoms with Gasteiger partial charge in [-0.2, -0.15) is 0 Å². The van der Waals surface area contributed by atoms with Crippen LogP contribution in [0.3, 0.4) is 0 Å². The van der Waals surface area contributed by atoms with Crippen molar-refractivity contribution in [1.82, 2.24) is 14.6 Å². The molecule has 4 rings (SSSR count). The molecule has 0 aliphatic heterocycles. The van der Waals surface area contributed by atoms with Crippen molar-refractivity contribution in [2.45, 2.75) is 6.92 Å². The Morgan fingerprint density at radius 2 is 2.00 bits per heavy atom. The first-order valence-corrected chi connectivity index (χ1v) is 10.0. The van der Waals surface area contributed by atoms with Gasteiger partial charge < -0.3 is 10.6 Å². The second-order valence-electron chi connectivity index (χ2n) is 6.01. The molecule has 0 aliphatic carbocycles. The highest BCUT2D eigenvalue weighted by atomic mass is 32.1. The average molecular weight is 429 g/mol. The van der Waals surface area contributed by atoms with Crippen molar-refractivity contribution in [3.63, 3.8) is 0 Å². The lowest BCUT2D eigenvalue weighted by Crippen LogP contribution is -2.11. The van der Waals surface area contributed by atoms with Gasteiger partial charge in [-0.05, 0) is 42.7 Å². The van der Waals surface area contributed by atoms with E-state index in [0.717, 1.165) is 23.2 Å². The summed E-state index contributed by atoms with van der Waals surface area (Å²) < 4.78 is 30.6. The maximum absolute atomic E-state index is 13.8. The largest absolute Gasteiger partial charge is 0.329 e. The Hall–Kier alpha value is -3.24. The Morgan fingerprint density at radius 1 is 1.14 bits per heavy atom. The van der Waals surface area contributed by atoms with E-state index in [1.807, 2.05) is 11.4 Å². The fraction of sp³-hybridized carbons (Fsp3) is 0.0526. The second-order valence-corrected chi connectivity index (χ2v) is 7.62. The summed E-state index contributed by atoms with van der Waals surface area (Å²) in [5.41, 5.74) is 2.76.